The lowest BCUT2D eigenvalue weighted by Crippen LogP contribution is -2.12. The van der Waals surface area contributed by atoms with Gasteiger partial charge in [0.1, 0.15) is 5.69 Å². The Bertz CT molecular complexity index is 1220. The van der Waals surface area contributed by atoms with Crippen LogP contribution in [-0.4, -0.2) is 11.0 Å². The van der Waals surface area contributed by atoms with Gasteiger partial charge in [0.05, 0.1) is 11.3 Å². The molecule has 29 heavy (non-hydrogen) atoms. The second-order valence-electron chi connectivity index (χ2n) is 6.34. The van der Waals surface area contributed by atoms with Gasteiger partial charge in [0.2, 0.25) is 0 Å². The van der Waals surface area contributed by atoms with Crippen molar-refractivity contribution in [3.8, 4) is 5.75 Å². The summed E-state index contributed by atoms with van der Waals surface area (Å²) < 4.78 is 0. The number of hydrogen-bond donors (Lipinski definition) is 2. The number of benzene rings is 4. The third kappa shape index (κ3) is 4.10. The fourth-order valence-electron chi connectivity index (χ4n) is 2.96. The summed E-state index contributed by atoms with van der Waals surface area (Å²) in [5, 5.41) is 24.0. The van der Waals surface area contributed by atoms with Crippen molar-refractivity contribution in [2.75, 3.05) is 5.32 Å². The molecule has 0 atom stereocenters. The number of amides is 1. The first kappa shape index (κ1) is 18.7. The van der Waals surface area contributed by atoms with Crippen LogP contribution in [0.25, 0.3) is 10.8 Å². The number of carbonyl (C=O) groups is 1. The van der Waals surface area contributed by atoms with Crippen molar-refractivity contribution in [3.63, 3.8) is 0 Å². The first-order chi connectivity index (χ1) is 14.1. The zero-order valence-corrected chi connectivity index (χ0v) is 16.0. The molecule has 4 rings (SSSR count). The van der Waals surface area contributed by atoms with Gasteiger partial charge in [-0.05, 0) is 41.8 Å². The van der Waals surface area contributed by atoms with Crippen LogP contribution in [0.4, 0.5) is 17.1 Å². The highest BCUT2D eigenvalue weighted by Gasteiger charge is 2.18. The zero-order valence-electron chi connectivity index (χ0n) is 15.2. The Labute approximate surface area is 172 Å². The quantitative estimate of drug-likeness (QED) is 0.366. The molecule has 0 radical (unpaired) electrons. The third-order valence-electron chi connectivity index (χ3n) is 4.35. The molecule has 4 aromatic carbocycles. The maximum atomic E-state index is 12.8. The van der Waals surface area contributed by atoms with Crippen molar-refractivity contribution in [3.05, 3.63) is 95.5 Å². The maximum absolute atomic E-state index is 12.8. The van der Waals surface area contributed by atoms with E-state index in [0.29, 0.717) is 21.8 Å². The van der Waals surface area contributed by atoms with Crippen LogP contribution in [0.2, 0.25) is 5.02 Å². The van der Waals surface area contributed by atoms with E-state index >= 15 is 0 Å². The molecule has 142 valence electrons. The van der Waals surface area contributed by atoms with E-state index in [0.717, 1.165) is 5.39 Å². The molecule has 1 amide bonds. The lowest BCUT2D eigenvalue weighted by atomic mass is 10.0. The number of halogens is 1. The summed E-state index contributed by atoms with van der Waals surface area (Å²) in [5.41, 5.74) is 1.51. The zero-order chi connectivity index (χ0) is 20.2. The normalized spacial score (nSPS) is 11.1. The molecule has 0 aliphatic heterocycles. The van der Waals surface area contributed by atoms with Gasteiger partial charge in [-0.25, -0.2) is 0 Å². The number of rotatable bonds is 4. The smallest absolute Gasteiger partial charge is 0.259 e. The molecular formula is C23H16ClN3O2. The van der Waals surface area contributed by atoms with Crippen LogP contribution < -0.4 is 5.32 Å². The van der Waals surface area contributed by atoms with Crippen molar-refractivity contribution in [1.82, 2.24) is 0 Å². The van der Waals surface area contributed by atoms with Gasteiger partial charge in [-0.2, -0.15) is 5.11 Å². The minimum atomic E-state index is -0.432. The third-order valence-corrected chi connectivity index (χ3v) is 4.58. The Kier molecular flexibility index (Phi) is 5.22. The number of nitrogens with one attached hydrogen (secondary N) is 1. The van der Waals surface area contributed by atoms with Crippen LogP contribution in [0.1, 0.15) is 10.4 Å². The fourth-order valence-corrected chi connectivity index (χ4v) is 3.14. The van der Waals surface area contributed by atoms with Gasteiger partial charge in [-0.15, -0.1) is 5.11 Å². The molecule has 0 saturated carbocycles. The molecule has 0 aliphatic rings. The van der Waals surface area contributed by atoms with E-state index in [1.54, 1.807) is 42.5 Å². The van der Waals surface area contributed by atoms with Crippen LogP contribution in [0.3, 0.4) is 0 Å². The Morgan fingerprint density at radius 3 is 2.41 bits per heavy atom. The van der Waals surface area contributed by atoms with Gasteiger partial charge in [0, 0.05) is 16.1 Å². The Morgan fingerprint density at radius 1 is 0.862 bits per heavy atom. The largest absolute Gasteiger partial charge is 0.505 e. The molecule has 0 spiro atoms. The summed E-state index contributed by atoms with van der Waals surface area (Å²) >= 11 is 5.99. The maximum Gasteiger partial charge on any atom is 0.259 e. The van der Waals surface area contributed by atoms with Crippen molar-refractivity contribution in [2.24, 2.45) is 10.2 Å². The minimum Gasteiger partial charge on any atom is -0.505 e. The number of phenolic OH excluding ortho intramolecular Hbond substituents is 1. The molecule has 2 N–H and O–H groups in total. The standard InChI is InChI=1S/C23H16ClN3O2/c24-16-8-6-11-18(14-16)26-27-21-19-12-5-4-7-15(19)13-20(22(21)28)23(29)25-17-9-2-1-3-10-17/h1-14,28H,(H,25,29)/b27-26+. The summed E-state index contributed by atoms with van der Waals surface area (Å²) in [7, 11) is 0. The molecule has 0 unspecified atom stereocenters. The van der Waals surface area contributed by atoms with Gasteiger partial charge in [0.25, 0.3) is 5.91 Å². The lowest BCUT2D eigenvalue weighted by molar-refractivity contribution is 0.102. The minimum absolute atomic E-state index is 0.118. The number of aromatic hydroxyl groups is 1. The van der Waals surface area contributed by atoms with E-state index in [9.17, 15) is 9.90 Å². The van der Waals surface area contributed by atoms with Crippen LogP contribution in [-0.2, 0) is 0 Å². The summed E-state index contributed by atoms with van der Waals surface area (Å²) in [6.07, 6.45) is 0. The van der Waals surface area contributed by atoms with Gasteiger partial charge < -0.3 is 10.4 Å². The van der Waals surface area contributed by atoms with Crippen LogP contribution in [0.5, 0.6) is 5.75 Å². The molecule has 0 aromatic heterocycles. The average Bonchev–Trinajstić information content (AvgIpc) is 2.73. The SMILES string of the molecule is O=C(Nc1ccccc1)c1cc2ccccc2c(/N=N/c2cccc(Cl)c2)c1O. The van der Waals surface area contributed by atoms with E-state index in [-0.39, 0.29) is 17.0 Å². The van der Waals surface area contributed by atoms with Crippen LogP contribution in [0, 0.1) is 0 Å². The van der Waals surface area contributed by atoms with Crippen molar-refractivity contribution < 1.29 is 9.90 Å². The predicted octanol–water partition coefficient (Wildman–Crippen LogP) is 6.87. The van der Waals surface area contributed by atoms with Gasteiger partial charge in [-0.3, -0.25) is 4.79 Å². The summed E-state index contributed by atoms with van der Waals surface area (Å²) in [6.45, 7) is 0. The van der Waals surface area contributed by atoms with Crippen LogP contribution in [0.15, 0.2) is 95.2 Å². The average molecular weight is 402 g/mol. The van der Waals surface area contributed by atoms with Crippen LogP contribution >= 0.6 is 11.6 Å². The molecule has 0 fully saturated rings. The van der Waals surface area contributed by atoms with Gasteiger partial charge in [-0.1, -0.05) is 60.1 Å². The van der Waals surface area contributed by atoms with Gasteiger partial charge in [0.15, 0.2) is 5.75 Å². The lowest BCUT2D eigenvalue weighted by Gasteiger charge is -2.11. The van der Waals surface area contributed by atoms with E-state index in [2.05, 4.69) is 15.5 Å². The molecule has 0 aliphatic carbocycles. The van der Waals surface area contributed by atoms with E-state index in [1.807, 2.05) is 42.5 Å². The molecule has 5 nitrogen and oxygen atoms in total. The number of fused-ring (bicyclic) bond motifs is 1. The monoisotopic (exact) mass is 401 g/mol. The number of azo groups is 1. The number of hydrogen-bond acceptors (Lipinski definition) is 4. The van der Waals surface area contributed by atoms with Gasteiger partial charge >= 0.3 is 0 Å². The van der Waals surface area contributed by atoms with Crippen molar-refractivity contribution in [2.45, 2.75) is 0 Å². The number of phenols is 1. The highest BCUT2D eigenvalue weighted by atomic mass is 35.5. The number of carbonyl (C=O) groups excluding carboxylic acids is 1. The number of nitrogens with zero attached hydrogens (tertiary/aromatic N) is 2. The first-order valence-electron chi connectivity index (χ1n) is 8.90. The Balaban J connectivity index is 1.78. The Hall–Kier alpha value is -3.70. The summed E-state index contributed by atoms with van der Waals surface area (Å²) in [5.74, 6) is -0.665. The second-order valence-corrected chi connectivity index (χ2v) is 6.78. The molecule has 0 heterocycles. The van der Waals surface area contributed by atoms with Crippen molar-refractivity contribution >= 4 is 45.3 Å². The van der Waals surface area contributed by atoms with E-state index in [1.165, 1.54) is 0 Å². The number of anilines is 1. The molecule has 0 bridgehead atoms. The highest BCUT2D eigenvalue weighted by molar-refractivity contribution is 6.30. The molecule has 0 saturated heterocycles. The Morgan fingerprint density at radius 2 is 1.62 bits per heavy atom. The number of para-hydroxylation sites is 1. The molecular weight excluding hydrogens is 386 g/mol. The topological polar surface area (TPSA) is 74.0 Å². The summed E-state index contributed by atoms with van der Waals surface area (Å²) in [4.78, 5) is 12.8. The fraction of sp³-hybridized carbons (Fsp3) is 0. The highest BCUT2D eigenvalue weighted by Crippen LogP contribution is 2.39. The van der Waals surface area contributed by atoms with E-state index in [4.69, 9.17) is 11.6 Å². The summed E-state index contributed by atoms with van der Waals surface area (Å²) in [6, 6.07) is 25.0. The molecule has 4 aromatic rings. The second kappa shape index (κ2) is 8.12. The molecule has 6 heteroatoms. The predicted molar refractivity (Wildman–Crippen MR) is 116 cm³/mol. The first-order valence-corrected chi connectivity index (χ1v) is 9.28. The van der Waals surface area contributed by atoms with E-state index < -0.39 is 5.91 Å². The van der Waals surface area contributed by atoms with Crippen molar-refractivity contribution in [1.29, 1.82) is 0 Å².